The largest absolute Gasteiger partial charge is 0.497 e. The van der Waals surface area contributed by atoms with Crippen molar-refractivity contribution in [3.63, 3.8) is 0 Å². The van der Waals surface area contributed by atoms with Crippen molar-refractivity contribution in [2.75, 3.05) is 14.2 Å². The molecule has 0 aromatic heterocycles. The molecule has 3 aromatic rings. The van der Waals surface area contributed by atoms with Crippen molar-refractivity contribution in [3.05, 3.63) is 89.0 Å². The maximum absolute atomic E-state index is 12.3. The molecule has 2 amide bonds. The fourth-order valence-corrected chi connectivity index (χ4v) is 3.20. The van der Waals surface area contributed by atoms with Gasteiger partial charge in [0, 0.05) is 5.56 Å². The monoisotopic (exact) mass is 475 g/mol. The Balaban J connectivity index is 1.53. The highest BCUT2D eigenvalue weighted by Gasteiger charge is 2.16. The number of methoxy groups -OCH3 is 2. The summed E-state index contributed by atoms with van der Waals surface area (Å²) in [6.07, 6.45) is 1.49. The van der Waals surface area contributed by atoms with E-state index in [2.05, 4.69) is 21.9 Å². The van der Waals surface area contributed by atoms with Crippen molar-refractivity contribution < 1.29 is 23.8 Å². The summed E-state index contributed by atoms with van der Waals surface area (Å²) in [5.41, 5.74) is 5.80. The number of nitrogens with one attached hydrogen (secondary N) is 2. The van der Waals surface area contributed by atoms with Gasteiger partial charge in [0.1, 0.15) is 18.4 Å². The Kier molecular flexibility index (Phi) is 8.83. The SMILES string of the molecule is COc1ccc(C(=O)NC(C)C(=O)NN=Cc2ccc(OCc3cccc(C)c3)c(OC)c2)cc1. The molecule has 1 atom stereocenters. The van der Waals surface area contributed by atoms with Crippen molar-refractivity contribution in [1.29, 1.82) is 0 Å². The number of hydrogen-bond donors (Lipinski definition) is 2. The van der Waals surface area contributed by atoms with Gasteiger partial charge in [0.25, 0.3) is 11.8 Å². The molecular weight excluding hydrogens is 446 g/mol. The fourth-order valence-electron chi connectivity index (χ4n) is 3.20. The number of nitrogens with zero attached hydrogens (tertiary/aromatic N) is 1. The maximum atomic E-state index is 12.3. The van der Waals surface area contributed by atoms with Crippen LogP contribution in [0, 0.1) is 6.92 Å². The van der Waals surface area contributed by atoms with Crippen molar-refractivity contribution in [1.82, 2.24) is 10.7 Å². The Labute approximate surface area is 204 Å². The van der Waals surface area contributed by atoms with E-state index in [4.69, 9.17) is 14.2 Å². The maximum Gasteiger partial charge on any atom is 0.262 e. The first-order valence-electron chi connectivity index (χ1n) is 11.0. The van der Waals surface area contributed by atoms with Gasteiger partial charge >= 0.3 is 0 Å². The Hall–Kier alpha value is -4.33. The van der Waals surface area contributed by atoms with Crippen LogP contribution >= 0.6 is 0 Å². The van der Waals surface area contributed by atoms with Crippen LogP contribution in [0.15, 0.2) is 71.8 Å². The Morgan fingerprint density at radius 2 is 1.74 bits per heavy atom. The van der Waals surface area contributed by atoms with E-state index in [9.17, 15) is 9.59 Å². The molecule has 0 bridgehead atoms. The van der Waals surface area contributed by atoms with Gasteiger partial charge in [0.2, 0.25) is 0 Å². The number of amides is 2. The normalized spacial score (nSPS) is 11.5. The van der Waals surface area contributed by atoms with E-state index < -0.39 is 11.9 Å². The average molecular weight is 476 g/mol. The lowest BCUT2D eigenvalue weighted by atomic mass is 10.1. The van der Waals surface area contributed by atoms with Crippen LogP contribution in [-0.4, -0.2) is 38.3 Å². The quantitative estimate of drug-likeness (QED) is 0.343. The highest BCUT2D eigenvalue weighted by Crippen LogP contribution is 2.28. The van der Waals surface area contributed by atoms with E-state index >= 15 is 0 Å². The van der Waals surface area contributed by atoms with Gasteiger partial charge in [-0.2, -0.15) is 5.10 Å². The van der Waals surface area contributed by atoms with Gasteiger partial charge in [-0.1, -0.05) is 29.8 Å². The van der Waals surface area contributed by atoms with E-state index in [0.29, 0.717) is 35.0 Å². The first-order chi connectivity index (χ1) is 16.9. The third kappa shape index (κ3) is 7.33. The van der Waals surface area contributed by atoms with E-state index in [-0.39, 0.29) is 5.91 Å². The molecule has 0 spiro atoms. The molecule has 2 N–H and O–H groups in total. The lowest BCUT2D eigenvalue weighted by Gasteiger charge is -2.13. The summed E-state index contributed by atoms with van der Waals surface area (Å²) in [6.45, 7) is 4.03. The van der Waals surface area contributed by atoms with E-state index in [1.807, 2.05) is 25.1 Å². The molecule has 0 aliphatic rings. The smallest absolute Gasteiger partial charge is 0.262 e. The summed E-state index contributed by atoms with van der Waals surface area (Å²) in [6, 6.07) is 19.3. The van der Waals surface area contributed by atoms with Crippen molar-refractivity contribution in [2.45, 2.75) is 26.5 Å². The van der Waals surface area contributed by atoms with Gasteiger partial charge in [-0.15, -0.1) is 0 Å². The molecule has 8 heteroatoms. The zero-order valence-electron chi connectivity index (χ0n) is 20.2. The Bertz CT molecular complexity index is 1190. The predicted molar refractivity (Wildman–Crippen MR) is 134 cm³/mol. The molecule has 0 heterocycles. The molecule has 0 saturated carbocycles. The van der Waals surface area contributed by atoms with Crippen LogP contribution in [0.5, 0.6) is 17.2 Å². The molecule has 3 rings (SSSR count). The molecule has 0 aliphatic carbocycles. The van der Waals surface area contributed by atoms with Gasteiger partial charge in [0.05, 0.1) is 20.4 Å². The van der Waals surface area contributed by atoms with Gasteiger partial charge < -0.3 is 19.5 Å². The second-order valence-corrected chi connectivity index (χ2v) is 7.85. The summed E-state index contributed by atoms with van der Waals surface area (Å²) < 4.78 is 16.4. The molecular formula is C27H29N3O5. The van der Waals surface area contributed by atoms with Gasteiger partial charge in [0.15, 0.2) is 11.5 Å². The highest BCUT2D eigenvalue weighted by atomic mass is 16.5. The zero-order valence-corrected chi connectivity index (χ0v) is 20.2. The second kappa shape index (κ2) is 12.2. The van der Waals surface area contributed by atoms with E-state index in [1.54, 1.807) is 63.6 Å². The molecule has 3 aromatic carbocycles. The minimum Gasteiger partial charge on any atom is -0.497 e. The second-order valence-electron chi connectivity index (χ2n) is 7.85. The number of ether oxygens (including phenoxy) is 3. The van der Waals surface area contributed by atoms with E-state index in [0.717, 1.165) is 5.56 Å². The van der Waals surface area contributed by atoms with Crippen LogP contribution in [0.4, 0.5) is 0 Å². The third-order valence-corrected chi connectivity index (χ3v) is 5.15. The van der Waals surface area contributed by atoms with Crippen molar-refractivity contribution >= 4 is 18.0 Å². The Morgan fingerprint density at radius 1 is 0.971 bits per heavy atom. The highest BCUT2D eigenvalue weighted by molar-refractivity contribution is 5.97. The van der Waals surface area contributed by atoms with Crippen molar-refractivity contribution in [3.8, 4) is 17.2 Å². The molecule has 35 heavy (non-hydrogen) atoms. The summed E-state index contributed by atoms with van der Waals surface area (Å²) in [4.78, 5) is 24.6. The molecule has 0 aliphatic heterocycles. The summed E-state index contributed by atoms with van der Waals surface area (Å²) in [7, 11) is 3.11. The van der Waals surface area contributed by atoms with Gasteiger partial charge in [-0.05, 0) is 67.4 Å². The lowest BCUT2D eigenvalue weighted by molar-refractivity contribution is -0.122. The zero-order chi connectivity index (χ0) is 25.2. The number of hydrazone groups is 1. The van der Waals surface area contributed by atoms with Crippen LogP contribution in [0.2, 0.25) is 0 Å². The number of rotatable bonds is 10. The lowest BCUT2D eigenvalue weighted by Crippen LogP contribution is -2.43. The predicted octanol–water partition coefficient (Wildman–Crippen LogP) is 3.86. The third-order valence-electron chi connectivity index (χ3n) is 5.15. The first-order valence-corrected chi connectivity index (χ1v) is 11.0. The van der Waals surface area contributed by atoms with Crippen LogP contribution in [0.3, 0.4) is 0 Å². The Morgan fingerprint density at radius 3 is 2.43 bits per heavy atom. The van der Waals surface area contributed by atoms with Crippen LogP contribution in [0.25, 0.3) is 0 Å². The average Bonchev–Trinajstić information content (AvgIpc) is 2.87. The molecule has 0 fully saturated rings. The number of carbonyl (C=O) groups excluding carboxylic acids is 2. The molecule has 1 unspecified atom stereocenters. The summed E-state index contributed by atoms with van der Waals surface area (Å²) in [5, 5.41) is 6.62. The van der Waals surface area contributed by atoms with Crippen LogP contribution < -0.4 is 25.0 Å². The minimum absolute atomic E-state index is 0.370. The van der Waals surface area contributed by atoms with Gasteiger partial charge in [-0.25, -0.2) is 5.43 Å². The molecule has 182 valence electrons. The number of hydrogen-bond acceptors (Lipinski definition) is 6. The molecule has 0 radical (unpaired) electrons. The topological polar surface area (TPSA) is 98.2 Å². The minimum atomic E-state index is -0.784. The summed E-state index contributed by atoms with van der Waals surface area (Å²) >= 11 is 0. The van der Waals surface area contributed by atoms with Gasteiger partial charge in [-0.3, -0.25) is 9.59 Å². The summed E-state index contributed by atoms with van der Waals surface area (Å²) in [5.74, 6) is 0.973. The number of carbonyl (C=O) groups is 2. The molecule has 0 saturated heterocycles. The number of aryl methyl sites for hydroxylation is 1. The van der Waals surface area contributed by atoms with Crippen molar-refractivity contribution in [2.24, 2.45) is 5.10 Å². The van der Waals surface area contributed by atoms with Crippen LogP contribution in [-0.2, 0) is 11.4 Å². The first kappa shape index (κ1) is 25.3. The standard InChI is InChI=1S/C27H29N3O5/c1-18-6-5-7-21(14-18)17-35-24-13-8-20(15-25(24)34-4)16-28-30-26(31)19(2)29-27(32)22-9-11-23(33-3)12-10-22/h5-16,19H,17H2,1-4H3,(H,29,32)(H,30,31). The van der Waals surface area contributed by atoms with Crippen LogP contribution in [0.1, 0.15) is 34.0 Å². The number of benzene rings is 3. The van der Waals surface area contributed by atoms with E-state index in [1.165, 1.54) is 11.8 Å². The fraction of sp³-hybridized carbons (Fsp3) is 0.222. The molecule has 8 nitrogen and oxygen atoms in total.